The van der Waals surface area contributed by atoms with Crippen molar-refractivity contribution in [2.45, 2.75) is 51.9 Å². The van der Waals surface area contributed by atoms with E-state index in [1.165, 1.54) is 16.5 Å². The molecule has 2 aliphatic rings. The van der Waals surface area contributed by atoms with Gasteiger partial charge in [-0.1, -0.05) is 19.9 Å². The maximum Gasteiger partial charge on any atom is 0.223 e. The van der Waals surface area contributed by atoms with Gasteiger partial charge in [-0.2, -0.15) is 15.1 Å². The lowest BCUT2D eigenvalue weighted by Gasteiger charge is -2.41. The predicted octanol–water partition coefficient (Wildman–Crippen LogP) is 4.87. The van der Waals surface area contributed by atoms with Crippen LogP contribution < -0.4 is 0 Å². The normalized spacial score (nSPS) is 19.6. The van der Waals surface area contributed by atoms with E-state index in [2.05, 4.69) is 63.5 Å². The Labute approximate surface area is 236 Å². The summed E-state index contributed by atoms with van der Waals surface area (Å²) < 4.78 is 21.4. The summed E-state index contributed by atoms with van der Waals surface area (Å²) in [6.07, 6.45) is 4.41. The molecule has 3 N–H and O–H groups in total. The third-order valence-corrected chi connectivity index (χ3v) is 10.3. The fraction of sp³-hybridized carbons (Fsp3) is 0.517. The molecular weight excluding hydrogens is 526 g/mol. The van der Waals surface area contributed by atoms with Crippen LogP contribution >= 0.6 is 10.6 Å². The molecule has 0 atom stereocenters. The number of carbonyl (C=O) groups is 1. The molecule has 0 radical (unpaired) electrons. The lowest BCUT2D eigenvalue weighted by Crippen LogP contribution is -2.42. The Hall–Kier alpha value is -2.99. The van der Waals surface area contributed by atoms with E-state index in [9.17, 15) is 13.9 Å². The highest BCUT2D eigenvalue weighted by atomic mass is 32.3. The number of carbonyl (C=O) groups excluding carboxylic acids is 1. The molecule has 214 valence electrons. The van der Waals surface area contributed by atoms with Crippen molar-refractivity contribution < 1.29 is 13.9 Å². The monoisotopic (exact) mass is 565 g/mol. The van der Waals surface area contributed by atoms with Crippen LogP contribution in [0.2, 0.25) is 0 Å². The number of piperidine rings is 1. The summed E-state index contributed by atoms with van der Waals surface area (Å²) in [6, 6.07) is 8.95. The minimum atomic E-state index is -2.40. The van der Waals surface area contributed by atoms with E-state index in [1.54, 1.807) is 4.52 Å². The highest BCUT2D eigenvalue weighted by Gasteiger charge is 2.27. The van der Waals surface area contributed by atoms with E-state index in [4.69, 9.17) is 0 Å². The topological polar surface area (TPSA) is 123 Å². The van der Waals surface area contributed by atoms with Gasteiger partial charge in [0.1, 0.15) is 0 Å². The van der Waals surface area contributed by atoms with Crippen LogP contribution in [-0.2, 0) is 4.79 Å². The lowest BCUT2D eigenvalue weighted by molar-refractivity contribution is -0.132. The molecule has 0 unspecified atom stereocenters. The number of tetrazole rings is 1. The van der Waals surface area contributed by atoms with Gasteiger partial charge in [0, 0.05) is 61.8 Å². The van der Waals surface area contributed by atoms with E-state index in [-0.39, 0.29) is 5.91 Å². The summed E-state index contributed by atoms with van der Waals surface area (Å²) in [5, 5.41) is 13.3. The third-order valence-electron chi connectivity index (χ3n) is 8.64. The van der Waals surface area contributed by atoms with Gasteiger partial charge < -0.3 is 9.88 Å². The third kappa shape index (κ3) is 5.35. The van der Waals surface area contributed by atoms with Crippen molar-refractivity contribution >= 4 is 33.0 Å². The maximum atomic E-state index is 12.9. The Kier molecular flexibility index (Phi) is 7.32. The van der Waals surface area contributed by atoms with Gasteiger partial charge in [-0.25, -0.2) is 0 Å². The smallest absolute Gasteiger partial charge is 0.223 e. The second kappa shape index (κ2) is 10.8. The van der Waals surface area contributed by atoms with Crippen LogP contribution in [-0.4, -0.2) is 94.1 Å². The van der Waals surface area contributed by atoms with E-state index >= 15 is 0 Å². The van der Waals surface area contributed by atoms with Gasteiger partial charge in [0.15, 0.2) is 5.65 Å². The fourth-order valence-corrected chi connectivity index (χ4v) is 7.62. The highest BCUT2D eigenvalue weighted by molar-refractivity contribution is 8.24. The summed E-state index contributed by atoms with van der Waals surface area (Å²) in [4.78, 5) is 20.8. The molecule has 5 heterocycles. The van der Waals surface area contributed by atoms with E-state index < -0.39 is 10.6 Å². The molecule has 10 nitrogen and oxygen atoms in total. The van der Waals surface area contributed by atoms with Crippen LogP contribution in [0.5, 0.6) is 0 Å². The number of hydrogen-bond acceptors (Lipinski definition) is 7. The SMILES string of the molecule is Cc1cc(-c2[nH]c3ccc(C4CCN(C(=O)CCN5CCS(O)(O)CC5)CC4)cc3c2C(C)C)cn2nnnc12. The molecule has 1 aromatic carbocycles. The molecule has 2 saturated heterocycles. The Morgan fingerprint density at radius 1 is 1.12 bits per heavy atom. The first kappa shape index (κ1) is 27.2. The molecule has 0 spiro atoms. The average molecular weight is 566 g/mol. The van der Waals surface area contributed by atoms with Crippen molar-refractivity contribution in [3.05, 3.63) is 47.2 Å². The number of fused-ring (bicyclic) bond motifs is 2. The second-order valence-corrected chi connectivity index (χ2v) is 14.1. The molecule has 3 aromatic heterocycles. The van der Waals surface area contributed by atoms with Crippen LogP contribution in [0.4, 0.5) is 0 Å². The number of hydrogen-bond donors (Lipinski definition) is 3. The average Bonchev–Trinajstić information content (AvgIpc) is 3.57. The molecule has 11 heteroatoms. The van der Waals surface area contributed by atoms with Crippen molar-refractivity contribution in [3.63, 3.8) is 0 Å². The molecule has 1 amide bonds. The zero-order valence-electron chi connectivity index (χ0n) is 23.5. The quantitative estimate of drug-likeness (QED) is 0.305. The lowest BCUT2D eigenvalue weighted by atomic mass is 9.87. The molecule has 2 aliphatic heterocycles. The van der Waals surface area contributed by atoms with Gasteiger partial charge in [0.25, 0.3) is 0 Å². The summed E-state index contributed by atoms with van der Waals surface area (Å²) in [5.41, 5.74) is 7.76. The van der Waals surface area contributed by atoms with Crippen LogP contribution in [0.3, 0.4) is 0 Å². The molecule has 4 aromatic rings. The van der Waals surface area contributed by atoms with Crippen molar-refractivity contribution in [3.8, 4) is 11.3 Å². The number of amides is 1. The molecule has 0 saturated carbocycles. The minimum absolute atomic E-state index is 0.207. The molecule has 0 bridgehead atoms. The predicted molar refractivity (Wildman–Crippen MR) is 159 cm³/mol. The fourth-order valence-electron chi connectivity index (χ4n) is 6.32. The first-order valence-corrected chi connectivity index (χ1v) is 16.1. The van der Waals surface area contributed by atoms with Gasteiger partial charge in [-0.15, -0.1) is 5.10 Å². The zero-order chi connectivity index (χ0) is 28.0. The standard InChI is InChI=1S/C29H39N7O3S/c1-19(2)27-24-17-22(4-5-25(24)30-28(27)23-16-20(3)29-31-32-33-36(29)18-23)21-6-10-35(11-7-21)26(37)8-9-34-12-14-40(38,39)15-13-34/h4-5,16-19,21,30,38-39H,6-15H2,1-3H3. The van der Waals surface area contributed by atoms with Crippen molar-refractivity contribution in [1.29, 1.82) is 0 Å². The van der Waals surface area contributed by atoms with Crippen LogP contribution in [0, 0.1) is 6.92 Å². The molecule has 2 fully saturated rings. The number of nitrogens with zero attached hydrogens (tertiary/aromatic N) is 6. The number of aryl methyl sites for hydroxylation is 1. The molecule has 40 heavy (non-hydrogen) atoms. The van der Waals surface area contributed by atoms with Crippen LogP contribution in [0.15, 0.2) is 30.5 Å². The van der Waals surface area contributed by atoms with E-state index in [0.29, 0.717) is 49.4 Å². The largest absolute Gasteiger partial charge is 0.354 e. The van der Waals surface area contributed by atoms with Crippen molar-refractivity contribution in [2.24, 2.45) is 0 Å². The molecular formula is C29H39N7O3S. The van der Waals surface area contributed by atoms with E-state index in [0.717, 1.165) is 53.9 Å². The van der Waals surface area contributed by atoms with Gasteiger partial charge in [0.2, 0.25) is 5.91 Å². The van der Waals surface area contributed by atoms with Gasteiger partial charge in [0.05, 0.1) is 17.2 Å². The van der Waals surface area contributed by atoms with E-state index in [1.807, 2.05) is 18.0 Å². The summed E-state index contributed by atoms with van der Waals surface area (Å²) in [6.45, 7) is 10.1. The first-order valence-electron chi connectivity index (χ1n) is 14.3. The zero-order valence-corrected chi connectivity index (χ0v) is 24.3. The van der Waals surface area contributed by atoms with Crippen molar-refractivity contribution in [2.75, 3.05) is 44.2 Å². The number of benzene rings is 1. The second-order valence-electron chi connectivity index (χ2n) is 11.7. The number of aromatic nitrogens is 5. The minimum Gasteiger partial charge on any atom is -0.354 e. The number of aromatic amines is 1. The number of H-pyrrole nitrogens is 1. The number of rotatable bonds is 6. The maximum absolute atomic E-state index is 12.9. The Balaban J connectivity index is 1.15. The van der Waals surface area contributed by atoms with Crippen molar-refractivity contribution in [1.82, 2.24) is 34.8 Å². The first-order chi connectivity index (χ1) is 19.2. The highest BCUT2D eigenvalue weighted by Crippen LogP contribution is 2.41. The Morgan fingerprint density at radius 3 is 2.60 bits per heavy atom. The Bertz CT molecular complexity index is 1530. The number of nitrogens with one attached hydrogen (secondary N) is 1. The number of likely N-dealkylation sites (tertiary alicyclic amines) is 1. The summed E-state index contributed by atoms with van der Waals surface area (Å²) in [5.74, 6) is 1.81. The number of pyridine rings is 1. The van der Waals surface area contributed by atoms with Crippen LogP contribution in [0.25, 0.3) is 27.8 Å². The van der Waals surface area contributed by atoms with Gasteiger partial charge in [-0.05, 0) is 76.9 Å². The van der Waals surface area contributed by atoms with Crippen LogP contribution in [0.1, 0.15) is 61.6 Å². The molecule has 6 rings (SSSR count). The van der Waals surface area contributed by atoms with Gasteiger partial charge in [-0.3, -0.25) is 18.8 Å². The summed E-state index contributed by atoms with van der Waals surface area (Å²) in [7, 11) is -2.40. The summed E-state index contributed by atoms with van der Waals surface area (Å²) >= 11 is 0. The molecule has 0 aliphatic carbocycles. The van der Waals surface area contributed by atoms with Gasteiger partial charge >= 0.3 is 0 Å². The Morgan fingerprint density at radius 2 is 1.88 bits per heavy atom.